The Bertz CT molecular complexity index is 787. The molecule has 0 saturated heterocycles. The zero-order valence-corrected chi connectivity index (χ0v) is 20.5. The maximum Gasteiger partial charge on any atom is 0.410 e. The van der Waals surface area contributed by atoms with E-state index in [9.17, 15) is 9.00 Å². The molecule has 0 aliphatic rings. The van der Waals surface area contributed by atoms with Crippen LogP contribution in [0.25, 0.3) is 0 Å². The van der Waals surface area contributed by atoms with E-state index in [1.54, 1.807) is 19.2 Å². The van der Waals surface area contributed by atoms with E-state index < -0.39 is 22.8 Å². The molecule has 1 rings (SSSR count). The first kappa shape index (κ1) is 24.0. The lowest BCUT2D eigenvalue weighted by molar-refractivity contribution is 0.0285. The predicted molar refractivity (Wildman–Crippen MR) is 116 cm³/mol. The van der Waals surface area contributed by atoms with Crippen molar-refractivity contribution in [1.82, 2.24) is 4.90 Å². The second-order valence-electron chi connectivity index (χ2n) is 9.34. The summed E-state index contributed by atoms with van der Waals surface area (Å²) in [4.78, 5) is 14.1. The van der Waals surface area contributed by atoms with E-state index in [1.165, 1.54) is 4.90 Å². The van der Waals surface area contributed by atoms with Crippen molar-refractivity contribution in [2.24, 2.45) is 4.03 Å². The number of benzene rings is 1. The van der Waals surface area contributed by atoms with Crippen LogP contribution in [0, 0.1) is 0 Å². The first-order valence-electron chi connectivity index (χ1n) is 8.96. The van der Waals surface area contributed by atoms with Gasteiger partial charge in [-0.3, -0.25) is 4.03 Å². The van der Waals surface area contributed by atoms with Gasteiger partial charge in [-0.15, -0.1) is 0 Å². The number of nitrogens with zero attached hydrogens (tertiary/aromatic N) is 2. The Morgan fingerprint density at radius 3 is 2.04 bits per heavy atom. The lowest BCUT2D eigenvalue weighted by Gasteiger charge is -2.32. The van der Waals surface area contributed by atoms with Crippen LogP contribution in [-0.2, 0) is 20.2 Å². The zero-order valence-electron chi connectivity index (χ0n) is 17.9. The van der Waals surface area contributed by atoms with Gasteiger partial charge in [-0.2, -0.15) is 0 Å². The minimum atomic E-state index is -2.98. The molecule has 1 unspecified atom stereocenters. The smallest absolute Gasteiger partial charge is 0.410 e. The maximum absolute atomic E-state index is 13.0. The molecule has 1 amide bonds. The molecule has 27 heavy (non-hydrogen) atoms. The molecular formula is C19H33ClN2O3SSi. The van der Waals surface area contributed by atoms with Crippen LogP contribution >= 0.6 is 10.7 Å². The number of amides is 1. The van der Waals surface area contributed by atoms with Gasteiger partial charge in [0.05, 0.1) is 4.90 Å². The fourth-order valence-corrected chi connectivity index (χ4v) is 8.12. The molecule has 0 heterocycles. The average molecular weight is 433 g/mol. The third kappa shape index (κ3) is 7.12. The van der Waals surface area contributed by atoms with Crippen LogP contribution in [0.4, 0.5) is 4.79 Å². The molecule has 0 aliphatic carbocycles. The highest BCUT2D eigenvalue weighted by Gasteiger charge is 2.37. The molecular weight excluding hydrogens is 400 g/mol. The van der Waals surface area contributed by atoms with Crippen molar-refractivity contribution in [3.63, 3.8) is 0 Å². The van der Waals surface area contributed by atoms with Gasteiger partial charge in [-0.25, -0.2) is 9.00 Å². The van der Waals surface area contributed by atoms with Gasteiger partial charge in [0.1, 0.15) is 5.60 Å². The van der Waals surface area contributed by atoms with Crippen LogP contribution in [0.3, 0.4) is 0 Å². The van der Waals surface area contributed by atoms with E-state index in [0.29, 0.717) is 11.4 Å². The third-order valence-electron chi connectivity index (χ3n) is 4.52. The summed E-state index contributed by atoms with van der Waals surface area (Å²) in [7, 11) is 2.89. The number of carbonyl (C=O) groups is 1. The summed E-state index contributed by atoms with van der Waals surface area (Å²) in [6.45, 7) is 16.3. The van der Waals surface area contributed by atoms with Gasteiger partial charge in [0.15, 0.2) is 17.2 Å². The molecule has 0 aromatic heterocycles. The first-order valence-corrected chi connectivity index (χ1v) is 14.2. The molecule has 0 spiro atoms. The van der Waals surface area contributed by atoms with Crippen LogP contribution in [0.15, 0.2) is 33.2 Å². The largest absolute Gasteiger partial charge is 0.444 e. The highest BCUT2D eigenvalue weighted by Crippen LogP contribution is 2.39. The summed E-state index contributed by atoms with van der Waals surface area (Å²) in [6.07, 6.45) is -0.388. The average Bonchev–Trinajstić information content (AvgIpc) is 2.43. The van der Waals surface area contributed by atoms with Gasteiger partial charge in [0, 0.05) is 24.3 Å². The van der Waals surface area contributed by atoms with Crippen molar-refractivity contribution in [2.75, 3.05) is 7.05 Å². The van der Waals surface area contributed by atoms with Gasteiger partial charge in [0.25, 0.3) is 0 Å². The van der Waals surface area contributed by atoms with E-state index >= 15 is 0 Å². The standard InChI is InChI=1S/C19H33ClN2O3SSi/c1-18(2,3)25-17(23)22(7)14-15-10-12-16(13-11-15)26(20,24)21-27(8,9)19(4,5)6/h10-13H,14H2,1-9H3. The zero-order chi connectivity index (χ0) is 21.3. The van der Waals surface area contributed by atoms with E-state index in [0.717, 1.165) is 5.56 Å². The Morgan fingerprint density at radius 1 is 1.15 bits per heavy atom. The summed E-state index contributed by atoms with van der Waals surface area (Å²) < 4.78 is 22.9. The lowest BCUT2D eigenvalue weighted by Crippen LogP contribution is -2.35. The molecule has 0 bridgehead atoms. The van der Waals surface area contributed by atoms with Gasteiger partial charge < -0.3 is 9.64 Å². The normalized spacial score (nSPS) is 15.0. The summed E-state index contributed by atoms with van der Waals surface area (Å²) in [5.41, 5.74) is 0.358. The SMILES string of the molecule is CN(Cc1ccc(S(=O)(Cl)=N[Si](C)(C)C(C)(C)C)cc1)C(=O)OC(C)(C)C. The molecule has 1 aromatic rings. The fraction of sp³-hybridized carbons (Fsp3) is 0.632. The number of carbonyl (C=O) groups excluding carboxylic acids is 1. The van der Waals surface area contributed by atoms with Crippen molar-refractivity contribution in [3.05, 3.63) is 29.8 Å². The minimum absolute atomic E-state index is 0.0411. The second-order valence-corrected chi connectivity index (χ2v) is 17.3. The van der Waals surface area contributed by atoms with Crippen LogP contribution in [-0.4, -0.2) is 36.1 Å². The van der Waals surface area contributed by atoms with Crippen molar-refractivity contribution in [2.45, 2.75) is 76.7 Å². The Morgan fingerprint density at radius 2 is 1.63 bits per heavy atom. The molecule has 0 N–H and O–H groups in total. The van der Waals surface area contributed by atoms with E-state index in [4.69, 9.17) is 15.4 Å². The Labute approximate surface area is 170 Å². The topological polar surface area (TPSA) is 59.0 Å². The molecule has 5 nitrogen and oxygen atoms in total. The number of hydrogen-bond acceptors (Lipinski definition) is 4. The maximum atomic E-state index is 13.0. The Hall–Kier alpha value is -1.05. The van der Waals surface area contributed by atoms with Crippen LogP contribution in [0.5, 0.6) is 0 Å². The third-order valence-corrected chi connectivity index (χ3v) is 13.0. The van der Waals surface area contributed by atoms with Gasteiger partial charge in [0.2, 0.25) is 0 Å². The summed E-state index contributed by atoms with van der Waals surface area (Å²) in [5, 5.41) is -0.0411. The van der Waals surface area contributed by atoms with E-state index in [-0.39, 0.29) is 11.1 Å². The van der Waals surface area contributed by atoms with Crippen LogP contribution in [0.2, 0.25) is 18.1 Å². The Balaban J connectivity index is 2.99. The molecule has 0 fully saturated rings. The van der Waals surface area contributed by atoms with Crippen molar-refractivity contribution < 1.29 is 13.7 Å². The summed E-state index contributed by atoms with van der Waals surface area (Å²) >= 11 is 0. The highest BCUT2D eigenvalue weighted by molar-refractivity contribution is 8.16. The van der Waals surface area contributed by atoms with Gasteiger partial charge >= 0.3 is 6.09 Å². The molecule has 0 aliphatic heterocycles. The Kier molecular flexibility index (Phi) is 7.22. The van der Waals surface area contributed by atoms with E-state index in [2.05, 4.69) is 37.9 Å². The molecule has 1 atom stereocenters. The second kappa shape index (κ2) is 8.13. The molecule has 0 radical (unpaired) electrons. The van der Waals surface area contributed by atoms with Gasteiger partial charge in [-0.1, -0.05) is 32.9 Å². The molecule has 1 aromatic carbocycles. The highest BCUT2D eigenvalue weighted by atomic mass is 35.7. The quantitative estimate of drug-likeness (QED) is 0.430. The number of halogens is 1. The molecule has 8 heteroatoms. The summed E-state index contributed by atoms with van der Waals surface area (Å²) in [6, 6.07) is 7.09. The minimum Gasteiger partial charge on any atom is -0.444 e. The molecule has 154 valence electrons. The number of ether oxygens (including phenoxy) is 1. The van der Waals surface area contributed by atoms with Crippen LogP contribution < -0.4 is 0 Å². The number of hydrogen-bond donors (Lipinski definition) is 0. The van der Waals surface area contributed by atoms with Crippen LogP contribution in [0.1, 0.15) is 47.1 Å². The monoisotopic (exact) mass is 432 g/mol. The van der Waals surface area contributed by atoms with Crippen molar-refractivity contribution >= 4 is 34.0 Å². The fourth-order valence-electron chi connectivity index (χ4n) is 1.92. The van der Waals surface area contributed by atoms with Crippen molar-refractivity contribution in [3.8, 4) is 0 Å². The molecule has 0 saturated carbocycles. The van der Waals surface area contributed by atoms with Crippen molar-refractivity contribution in [1.29, 1.82) is 0 Å². The first-order chi connectivity index (χ1) is 11.9. The van der Waals surface area contributed by atoms with Gasteiger partial charge in [-0.05, 0) is 56.6 Å². The number of rotatable bonds is 4. The summed E-state index contributed by atoms with van der Waals surface area (Å²) in [5.74, 6) is 0. The lowest BCUT2D eigenvalue weighted by atomic mass is 10.2. The predicted octanol–water partition coefficient (Wildman–Crippen LogP) is 6.04. The van der Waals surface area contributed by atoms with E-state index in [1.807, 2.05) is 32.9 Å².